The van der Waals surface area contributed by atoms with Crippen molar-refractivity contribution < 1.29 is 8.42 Å². The number of fused-ring (bicyclic) bond motifs is 1. The summed E-state index contributed by atoms with van der Waals surface area (Å²) in [6.07, 6.45) is 3.27. The van der Waals surface area contributed by atoms with Crippen LogP contribution in [0.25, 0.3) is 11.0 Å². The number of rotatable bonds is 6. The van der Waals surface area contributed by atoms with Crippen LogP contribution in [0, 0.1) is 5.92 Å². The van der Waals surface area contributed by atoms with E-state index < -0.39 is 10.0 Å². The first-order chi connectivity index (χ1) is 11.0. The molecule has 3 rings (SSSR count). The maximum Gasteiger partial charge on any atom is 0.243 e. The molecule has 0 saturated carbocycles. The summed E-state index contributed by atoms with van der Waals surface area (Å²) in [5.74, 6) is 0.0849. The third-order valence-corrected chi connectivity index (χ3v) is 5.57. The highest BCUT2D eigenvalue weighted by atomic mass is 32.2. The minimum Gasteiger partial charge on any atom is -0.251 e. The first-order valence-corrected chi connectivity index (χ1v) is 9.26. The number of sulfonamides is 1. The van der Waals surface area contributed by atoms with E-state index in [4.69, 9.17) is 0 Å². The van der Waals surface area contributed by atoms with Crippen molar-refractivity contribution in [3.05, 3.63) is 30.6 Å². The fourth-order valence-electron chi connectivity index (χ4n) is 2.18. The van der Waals surface area contributed by atoms with Gasteiger partial charge in [-0.25, -0.2) is 13.1 Å². The van der Waals surface area contributed by atoms with Gasteiger partial charge >= 0.3 is 0 Å². The summed E-state index contributed by atoms with van der Waals surface area (Å²) in [5, 5.41) is 7.64. The lowest BCUT2D eigenvalue weighted by Crippen LogP contribution is -2.41. The Morgan fingerprint density at radius 2 is 2.13 bits per heavy atom. The van der Waals surface area contributed by atoms with Crippen molar-refractivity contribution in [2.75, 3.05) is 0 Å². The van der Waals surface area contributed by atoms with E-state index in [1.807, 2.05) is 13.8 Å². The van der Waals surface area contributed by atoms with E-state index in [-0.39, 0.29) is 16.9 Å². The van der Waals surface area contributed by atoms with Crippen molar-refractivity contribution in [2.45, 2.75) is 31.3 Å². The molecule has 0 radical (unpaired) electrons. The largest absolute Gasteiger partial charge is 0.251 e. The Balaban J connectivity index is 1.90. The highest BCUT2D eigenvalue weighted by molar-refractivity contribution is 7.89. The molecule has 1 aromatic carbocycles. The van der Waals surface area contributed by atoms with Gasteiger partial charge < -0.3 is 0 Å². The first kappa shape index (κ1) is 16.0. The van der Waals surface area contributed by atoms with Gasteiger partial charge in [-0.15, -0.1) is 5.10 Å². The quantitative estimate of drug-likeness (QED) is 0.717. The predicted octanol–water partition coefficient (Wildman–Crippen LogP) is 1.29. The lowest BCUT2D eigenvalue weighted by molar-refractivity contribution is 0.378. The van der Waals surface area contributed by atoms with Crippen LogP contribution >= 0.6 is 11.7 Å². The second kappa shape index (κ2) is 6.30. The fourth-order valence-corrected chi connectivity index (χ4v) is 4.32. The van der Waals surface area contributed by atoms with Crippen LogP contribution in [-0.4, -0.2) is 38.2 Å². The molecule has 0 saturated heterocycles. The molecular weight excluding hydrogens is 336 g/mol. The van der Waals surface area contributed by atoms with Gasteiger partial charge in [-0.05, 0) is 18.1 Å². The molecule has 0 bridgehead atoms. The molecule has 0 aliphatic rings. The average Bonchev–Trinajstić information content (AvgIpc) is 3.16. The fraction of sp³-hybridized carbons (Fsp3) is 0.385. The summed E-state index contributed by atoms with van der Waals surface area (Å²) in [6, 6.07) is 4.63. The molecular formula is C13H16N6O2S2. The van der Waals surface area contributed by atoms with Crippen LogP contribution in [0.5, 0.6) is 0 Å². The van der Waals surface area contributed by atoms with Gasteiger partial charge in [-0.3, -0.25) is 4.68 Å². The highest BCUT2D eigenvalue weighted by Crippen LogP contribution is 2.22. The van der Waals surface area contributed by atoms with Crippen molar-refractivity contribution in [3.63, 3.8) is 0 Å². The van der Waals surface area contributed by atoms with Crippen molar-refractivity contribution in [3.8, 4) is 0 Å². The van der Waals surface area contributed by atoms with E-state index >= 15 is 0 Å². The first-order valence-electron chi connectivity index (χ1n) is 7.05. The minimum atomic E-state index is -3.71. The molecule has 10 heteroatoms. The minimum absolute atomic E-state index is 0.0849. The lowest BCUT2D eigenvalue weighted by atomic mass is 10.1. The summed E-state index contributed by atoms with van der Waals surface area (Å²) in [7, 11) is -3.71. The van der Waals surface area contributed by atoms with Crippen molar-refractivity contribution in [2.24, 2.45) is 5.92 Å². The zero-order chi connectivity index (χ0) is 16.4. The van der Waals surface area contributed by atoms with Gasteiger partial charge in [-0.1, -0.05) is 25.1 Å². The standard InChI is InChI=1S/C13H16N6O2S2/c1-9(2)11(8-19-7-6-14-18-19)17-23(20,21)12-5-3-4-10-13(12)16-22-15-10/h3-7,9,11,17H,8H2,1-2H3. The van der Waals surface area contributed by atoms with Crippen molar-refractivity contribution in [1.82, 2.24) is 28.5 Å². The third-order valence-electron chi connectivity index (χ3n) is 3.51. The van der Waals surface area contributed by atoms with Crippen LogP contribution < -0.4 is 4.72 Å². The molecule has 122 valence electrons. The number of hydrogen-bond acceptors (Lipinski definition) is 7. The van der Waals surface area contributed by atoms with Crippen molar-refractivity contribution in [1.29, 1.82) is 0 Å². The molecule has 1 atom stereocenters. The Morgan fingerprint density at radius 1 is 1.30 bits per heavy atom. The number of benzene rings is 1. The molecule has 0 fully saturated rings. The molecule has 23 heavy (non-hydrogen) atoms. The molecule has 1 unspecified atom stereocenters. The van der Waals surface area contributed by atoms with E-state index in [1.165, 1.54) is 0 Å². The SMILES string of the molecule is CC(C)C(Cn1ccnn1)NS(=O)(=O)c1cccc2nsnc12. The van der Waals surface area contributed by atoms with Gasteiger partial charge in [0, 0.05) is 12.2 Å². The zero-order valence-electron chi connectivity index (χ0n) is 12.6. The monoisotopic (exact) mass is 352 g/mol. The second-order valence-electron chi connectivity index (χ2n) is 5.48. The van der Waals surface area contributed by atoms with E-state index in [0.29, 0.717) is 17.6 Å². The summed E-state index contributed by atoms with van der Waals surface area (Å²) in [4.78, 5) is 0.146. The molecule has 0 aliphatic heterocycles. The van der Waals surface area contributed by atoms with Crippen LogP contribution in [0.2, 0.25) is 0 Å². The Hall–Kier alpha value is -1.91. The van der Waals surface area contributed by atoms with Crippen LogP contribution in [0.1, 0.15) is 13.8 Å². The molecule has 2 aromatic heterocycles. The number of hydrogen-bond donors (Lipinski definition) is 1. The summed E-state index contributed by atoms with van der Waals surface area (Å²) in [6.45, 7) is 4.31. The van der Waals surface area contributed by atoms with E-state index in [0.717, 1.165) is 11.7 Å². The Morgan fingerprint density at radius 3 is 2.83 bits per heavy atom. The van der Waals surface area contributed by atoms with Gasteiger partial charge in [0.2, 0.25) is 10.0 Å². The van der Waals surface area contributed by atoms with E-state index in [9.17, 15) is 8.42 Å². The molecule has 0 aliphatic carbocycles. The Kier molecular flexibility index (Phi) is 4.37. The van der Waals surface area contributed by atoms with Crippen LogP contribution in [0.15, 0.2) is 35.5 Å². The Labute approximate surface area is 137 Å². The van der Waals surface area contributed by atoms with E-state index in [2.05, 4.69) is 23.8 Å². The summed E-state index contributed by atoms with van der Waals surface area (Å²) in [5.41, 5.74) is 0.975. The highest BCUT2D eigenvalue weighted by Gasteiger charge is 2.25. The van der Waals surface area contributed by atoms with Gasteiger partial charge in [0.25, 0.3) is 0 Å². The van der Waals surface area contributed by atoms with Gasteiger partial charge in [-0.2, -0.15) is 8.75 Å². The van der Waals surface area contributed by atoms with Crippen LogP contribution in [0.4, 0.5) is 0 Å². The molecule has 8 nitrogen and oxygen atoms in total. The normalized spacial score (nSPS) is 13.7. The predicted molar refractivity (Wildman–Crippen MR) is 86.4 cm³/mol. The summed E-state index contributed by atoms with van der Waals surface area (Å²) >= 11 is 0.998. The third kappa shape index (κ3) is 3.38. The van der Waals surface area contributed by atoms with E-state index in [1.54, 1.807) is 35.3 Å². The second-order valence-corrected chi connectivity index (χ2v) is 7.70. The maximum atomic E-state index is 12.8. The lowest BCUT2D eigenvalue weighted by Gasteiger charge is -2.22. The van der Waals surface area contributed by atoms with Gasteiger partial charge in [0.05, 0.1) is 24.5 Å². The molecule has 2 heterocycles. The van der Waals surface area contributed by atoms with Crippen molar-refractivity contribution >= 4 is 32.8 Å². The van der Waals surface area contributed by atoms with Gasteiger partial charge in [0.1, 0.15) is 15.9 Å². The molecule has 3 aromatic rings. The number of nitrogens with one attached hydrogen (secondary N) is 1. The Bertz CT molecular complexity index is 888. The molecule has 1 N–H and O–H groups in total. The van der Waals surface area contributed by atoms with Crippen LogP contribution in [-0.2, 0) is 16.6 Å². The smallest absolute Gasteiger partial charge is 0.243 e. The maximum absolute atomic E-state index is 12.8. The topological polar surface area (TPSA) is 103 Å². The number of nitrogens with zero attached hydrogens (tertiary/aromatic N) is 5. The van der Waals surface area contributed by atoms with Crippen LogP contribution in [0.3, 0.4) is 0 Å². The summed E-state index contributed by atoms with van der Waals surface area (Å²) < 4.78 is 38.1. The average molecular weight is 352 g/mol. The molecule has 0 amide bonds. The molecule has 0 spiro atoms. The zero-order valence-corrected chi connectivity index (χ0v) is 14.3. The number of aromatic nitrogens is 5. The van der Waals surface area contributed by atoms with Gasteiger partial charge in [0.15, 0.2) is 0 Å².